The minimum atomic E-state index is 0.540. The average Bonchev–Trinajstić information content (AvgIpc) is 3.23. The first-order chi connectivity index (χ1) is 15.3. The van der Waals surface area contributed by atoms with Gasteiger partial charge in [-0.1, -0.05) is 36.4 Å². The molecule has 5 aromatic rings. The normalized spacial score (nSPS) is 11.4. The van der Waals surface area contributed by atoms with Crippen LogP contribution in [0.2, 0.25) is 0 Å². The van der Waals surface area contributed by atoms with Gasteiger partial charge in [0.25, 0.3) is 0 Å². The molecule has 2 aromatic carbocycles. The molecule has 0 radical (unpaired) electrons. The Morgan fingerprint density at radius 3 is 2.81 bits per heavy atom. The third-order valence-corrected chi connectivity index (χ3v) is 4.88. The lowest BCUT2D eigenvalue weighted by Crippen LogP contribution is -2.01. The van der Waals surface area contributed by atoms with Crippen LogP contribution in [-0.4, -0.2) is 37.8 Å². The summed E-state index contributed by atoms with van der Waals surface area (Å²) in [6.07, 6.45) is 4.92. The van der Waals surface area contributed by atoms with Crippen molar-refractivity contribution in [1.82, 2.24) is 24.5 Å². The third kappa shape index (κ3) is 3.91. The molecule has 3 heterocycles. The molecule has 0 saturated carbocycles. The summed E-state index contributed by atoms with van der Waals surface area (Å²) in [5, 5.41) is 5.30. The second-order valence-electron chi connectivity index (χ2n) is 6.92. The van der Waals surface area contributed by atoms with Crippen LogP contribution in [0.15, 0.2) is 78.4 Å². The zero-order valence-electron chi connectivity index (χ0n) is 16.8. The number of ether oxygens (including phenoxy) is 1. The monoisotopic (exact) mass is 409 g/mol. The highest BCUT2D eigenvalue weighted by molar-refractivity contribution is 5.87. The van der Waals surface area contributed by atoms with Crippen molar-refractivity contribution in [1.29, 1.82) is 0 Å². The van der Waals surface area contributed by atoms with Gasteiger partial charge in [0.2, 0.25) is 0 Å². The molecule has 5 rings (SSSR count). The van der Waals surface area contributed by atoms with Gasteiger partial charge in [-0.15, -0.1) is 0 Å². The Hall–Kier alpha value is -4.33. The van der Waals surface area contributed by atoms with Crippen molar-refractivity contribution >= 4 is 34.1 Å². The van der Waals surface area contributed by atoms with Gasteiger partial charge in [-0.3, -0.25) is 5.43 Å². The maximum atomic E-state index is 5.25. The molecule has 0 unspecified atom stereocenters. The summed E-state index contributed by atoms with van der Waals surface area (Å²) in [5.41, 5.74) is 7.14. The van der Waals surface area contributed by atoms with E-state index < -0.39 is 0 Å². The number of benzene rings is 2. The van der Waals surface area contributed by atoms with E-state index in [0.29, 0.717) is 17.9 Å². The molecule has 0 saturated heterocycles. The summed E-state index contributed by atoms with van der Waals surface area (Å²) < 4.78 is 7.24. The molecule has 3 aromatic heterocycles. The maximum absolute atomic E-state index is 5.25. The first-order valence-electron chi connectivity index (χ1n) is 9.74. The van der Waals surface area contributed by atoms with E-state index >= 15 is 0 Å². The van der Waals surface area contributed by atoms with Gasteiger partial charge < -0.3 is 9.30 Å². The second-order valence-corrected chi connectivity index (χ2v) is 6.92. The number of nitrogens with zero attached hydrogens (tertiary/aromatic N) is 6. The van der Waals surface area contributed by atoms with Gasteiger partial charge in [-0.05, 0) is 29.8 Å². The molecule has 0 fully saturated rings. The van der Waals surface area contributed by atoms with Gasteiger partial charge in [0.1, 0.15) is 12.1 Å². The van der Waals surface area contributed by atoms with Crippen LogP contribution in [0.5, 0.6) is 5.75 Å². The molecular formula is C23H19N7O. The van der Waals surface area contributed by atoms with Crippen molar-refractivity contribution in [3.63, 3.8) is 0 Å². The van der Waals surface area contributed by atoms with Crippen LogP contribution >= 0.6 is 0 Å². The predicted molar refractivity (Wildman–Crippen MR) is 120 cm³/mol. The van der Waals surface area contributed by atoms with Gasteiger partial charge >= 0.3 is 0 Å². The zero-order chi connectivity index (χ0) is 21.0. The molecular weight excluding hydrogens is 390 g/mol. The van der Waals surface area contributed by atoms with Crippen LogP contribution in [0.25, 0.3) is 22.1 Å². The van der Waals surface area contributed by atoms with Crippen LogP contribution in [0, 0.1) is 0 Å². The Kier molecular flexibility index (Phi) is 4.94. The predicted octanol–water partition coefficient (Wildman–Crippen LogP) is 3.88. The molecule has 0 atom stereocenters. The molecule has 0 spiro atoms. The number of hydrogen-bond donors (Lipinski definition) is 1. The number of pyridine rings is 1. The fourth-order valence-corrected chi connectivity index (χ4v) is 3.34. The van der Waals surface area contributed by atoms with Crippen LogP contribution < -0.4 is 10.2 Å². The highest BCUT2D eigenvalue weighted by Gasteiger charge is 2.10. The van der Waals surface area contributed by atoms with Crippen molar-refractivity contribution in [2.45, 2.75) is 6.54 Å². The van der Waals surface area contributed by atoms with E-state index in [2.05, 4.69) is 42.6 Å². The SMILES string of the molecule is COc1ccc2nc(/C=N\Nc3ncnc4c3ncn4Cc3ccccc3)ccc2c1. The molecule has 8 nitrogen and oxygen atoms in total. The Labute approximate surface area is 178 Å². The summed E-state index contributed by atoms with van der Waals surface area (Å²) >= 11 is 0. The number of imidazole rings is 1. The van der Waals surface area contributed by atoms with Gasteiger partial charge in [0.15, 0.2) is 17.0 Å². The molecule has 152 valence electrons. The van der Waals surface area contributed by atoms with Gasteiger partial charge in [0, 0.05) is 5.39 Å². The number of aromatic nitrogens is 5. The lowest BCUT2D eigenvalue weighted by Gasteiger charge is -2.04. The largest absolute Gasteiger partial charge is 0.497 e. The summed E-state index contributed by atoms with van der Waals surface area (Å²) in [6.45, 7) is 0.683. The van der Waals surface area contributed by atoms with Gasteiger partial charge in [0.05, 0.1) is 37.4 Å². The summed E-state index contributed by atoms with van der Waals surface area (Å²) in [5.74, 6) is 1.34. The Bertz CT molecular complexity index is 1380. The molecule has 0 aliphatic heterocycles. The number of anilines is 1. The number of hydrogen-bond acceptors (Lipinski definition) is 7. The Morgan fingerprint density at radius 1 is 1.03 bits per heavy atom. The number of rotatable bonds is 6. The minimum absolute atomic E-state index is 0.540. The quantitative estimate of drug-likeness (QED) is 0.338. The first kappa shape index (κ1) is 18.7. The maximum Gasteiger partial charge on any atom is 0.177 e. The Morgan fingerprint density at radius 2 is 1.94 bits per heavy atom. The summed E-state index contributed by atoms with van der Waals surface area (Å²) in [7, 11) is 1.65. The highest BCUT2D eigenvalue weighted by Crippen LogP contribution is 2.20. The van der Waals surface area contributed by atoms with Gasteiger partial charge in [-0.2, -0.15) is 5.10 Å². The molecule has 0 aliphatic carbocycles. The standard InChI is InChI=1S/C23H19N7O/c1-31-19-9-10-20-17(11-19)7-8-18(28-20)12-27-29-22-21-23(25-14-24-22)30(15-26-21)13-16-5-3-2-4-6-16/h2-12,14-15H,13H2,1H3,(H,24,25,29)/b27-12-. The van der Waals surface area contributed by atoms with E-state index in [4.69, 9.17) is 4.74 Å². The topological polar surface area (TPSA) is 90.1 Å². The summed E-state index contributed by atoms with van der Waals surface area (Å²) in [4.78, 5) is 17.7. The first-order valence-corrected chi connectivity index (χ1v) is 9.74. The second kappa shape index (κ2) is 8.19. The van der Waals surface area contributed by atoms with E-state index in [-0.39, 0.29) is 0 Å². The lowest BCUT2D eigenvalue weighted by molar-refractivity contribution is 0.415. The Balaban J connectivity index is 1.36. The van der Waals surface area contributed by atoms with E-state index in [1.165, 1.54) is 11.9 Å². The minimum Gasteiger partial charge on any atom is -0.497 e. The number of hydrazone groups is 1. The fraction of sp³-hybridized carbons (Fsp3) is 0.0870. The molecule has 0 bridgehead atoms. The molecule has 31 heavy (non-hydrogen) atoms. The number of fused-ring (bicyclic) bond motifs is 2. The average molecular weight is 409 g/mol. The van der Waals surface area contributed by atoms with E-state index in [1.807, 2.05) is 53.1 Å². The fourth-order valence-electron chi connectivity index (χ4n) is 3.34. The van der Waals surface area contributed by atoms with E-state index in [9.17, 15) is 0 Å². The number of methoxy groups -OCH3 is 1. The number of nitrogens with one attached hydrogen (secondary N) is 1. The van der Waals surface area contributed by atoms with Crippen molar-refractivity contribution in [3.8, 4) is 5.75 Å². The summed E-state index contributed by atoms with van der Waals surface area (Å²) in [6, 6.07) is 19.8. The van der Waals surface area contributed by atoms with E-state index in [0.717, 1.165) is 28.0 Å². The van der Waals surface area contributed by atoms with Crippen molar-refractivity contribution in [2.24, 2.45) is 5.10 Å². The smallest absolute Gasteiger partial charge is 0.177 e. The van der Waals surface area contributed by atoms with Crippen molar-refractivity contribution < 1.29 is 4.74 Å². The van der Waals surface area contributed by atoms with Crippen LogP contribution in [0.3, 0.4) is 0 Å². The van der Waals surface area contributed by atoms with Crippen LogP contribution in [-0.2, 0) is 6.54 Å². The van der Waals surface area contributed by atoms with Crippen LogP contribution in [0.1, 0.15) is 11.3 Å². The van der Waals surface area contributed by atoms with E-state index in [1.54, 1.807) is 19.7 Å². The van der Waals surface area contributed by atoms with Crippen molar-refractivity contribution in [2.75, 3.05) is 12.5 Å². The van der Waals surface area contributed by atoms with Crippen molar-refractivity contribution in [3.05, 3.63) is 84.6 Å². The lowest BCUT2D eigenvalue weighted by atomic mass is 10.2. The van der Waals surface area contributed by atoms with Gasteiger partial charge in [-0.25, -0.2) is 19.9 Å². The zero-order valence-corrected chi connectivity index (χ0v) is 16.8. The van der Waals surface area contributed by atoms with Crippen LogP contribution in [0.4, 0.5) is 5.82 Å². The molecule has 8 heteroatoms. The molecule has 0 amide bonds. The highest BCUT2D eigenvalue weighted by atomic mass is 16.5. The third-order valence-electron chi connectivity index (χ3n) is 4.88. The molecule has 0 aliphatic rings. The molecule has 1 N–H and O–H groups in total.